The van der Waals surface area contributed by atoms with Gasteiger partial charge in [-0.05, 0) is 30.9 Å². The van der Waals surface area contributed by atoms with Crippen LogP contribution in [0, 0.1) is 0 Å². The number of piperidine rings is 2. The van der Waals surface area contributed by atoms with Gasteiger partial charge in [0.1, 0.15) is 6.04 Å². The van der Waals surface area contributed by atoms with E-state index in [2.05, 4.69) is 10.6 Å². The fraction of sp³-hybridized carbons (Fsp3) is 0.560. The summed E-state index contributed by atoms with van der Waals surface area (Å²) in [4.78, 5) is 66.7. The van der Waals surface area contributed by atoms with Crippen LogP contribution in [-0.2, 0) is 25.5 Å². The van der Waals surface area contributed by atoms with Gasteiger partial charge in [-0.2, -0.15) is 0 Å². The van der Waals surface area contributed by atoms with Gasteiger partial charge in [-0.1, -0.05) is 12.1 Å². The minimum atomic E-state index is -1.03. The standard InChI is InChI=1S/C25H31N5O6/c26-16-6-9-29(10-7-16)20(32)13-25(14-27-8-11-36-25)12-15-2-1-3-17-21(15)24(35)30(23(17)34)18-4-5-19(31)28-22(18)33/h1-3,16,18,27H,4-14,26H2,(H,28,31,33). The Morgan fingerprint density at radius 1 is 1.11 bits per heavy atom. The third-order valence-electron chi connectivity index (χ3n) is 7.57. The maximum Gasteiger partial charge on any atom is 0.262 e. The summed E-state index contributed by atoms with van der Waals surface area (Å²) < 4.78 is 6.20. The number of carbonyl (C=O) groups excluding carboxylic acids is 5. The highest BCUT2D eigenvalue weighted by molar-refractivity contribution is 6.24. The van der Waals surface area contributed by atoms with Crippen LogP contribution in [0.3, 0.4) is 0 Å². The predicted octanol–water partition coefficient (Wildman–Crippen LogP) is -0.671. The van der Waals surface area contributed by atoms with Gasteiger partial charge in [-0.25, -0.2) is 0 Å². The Morgan fingerprint density at radius 3 is 2.58 bits per heavy atom. The monoisotopic (exact) mass is 497 g/mol. The zero-order valence-electron chi connectivity index (χ0n) is 20.1. The Balaban J connectivity index is 1.40. The van der Waals surface area contributed by atoms with Gasteiger partial charge in [0.15, 0.2) is 0 Å². The molecule has 5 amide bonds. The zero-order chi connectivity index (χ0) is 25.4. The van der Waals surface area contributed by atoms with Gasteiger partial charge < -0.3 is 20.7 Å². The average Bonchev–Trinajstić information content (AvgIpc) is 3.11. The first-order valence-corrected chi connectivity index (χ1v) is 12.5. The lowest BCUT2D eigenvalue weighted by Gasteiger charge is -2.40. The van der Waals surface area contributed by atoms with Gasteiger partial charge in [-0.15, -0.1) is 0 Å². The first-order chi connectivity index (χ1) is 17.3. The van der Waals surface area contributed by atoms with Crippen LogP contribution in [0.25, 0.3) is 0 Å². The van der Waals surface area contributed by atoms with Crippen LogP contribution < -0.4 is 16.4 Å². The third kappa shape index (κ3) is 4.54. The van der Waals surface area contributed by atoms with E-state index < -0.39 is 35.3 Å². The number of carbonyl (C=O) groups is 5. The van der Waals surface area contributed by atoms with Gasteiger partial charge >= 0.3 is 0 Å². The van der Waals surface area contributed by atoms with Gasteiger partial charge in [0.25, 0.3) is 11.8 Å². The van der Waals surface area contributed by atoms with E-state index in [9.17, 15) is 24.0 Å². The Morgan fingerprint density at radius 2 is 1.89 bits per heavy atom. The lowest BCUT2D eigenvalue weighted by atomic mass is 9.86. The fourth-order valence-electron chi connectivity index (χ4n) is 5.61. The van der Waals surface area contributed by atoms with Crippen molar-refractivity contribution < 1.29 is 28.7 Å². The van der Waals surface area contributed by atoms with Crippen LogP contribution in [0.5, 0.6) is 0 Å². The van der Waals surface area contributed by atoms with Crippen molar-refractivity contribution in [1.82, 2.24) is 20.4 Å². The summed E-state index contributed by atoms with van der Waals surface area (Å²) in [5.74, 6) is -2.20. The Kier molecular flexibility index (Phi) is 6.62. The molecule has 0 spiro atoms. The van der Waals surface area contributed by atoms with Crippen molar-refractivity contribution in [2.24, 2.45) is 5.73 Å². The van der Waals surface area contributed by atoms with Crippen molar-refractivity contribution >= 4 is 29.5 Å². The highest BCUT2D eigenvalue weighted by Gasteiger charge is 2.47. The summed E-state index contributed by atoms with van der Waals surface area (Å²) in [6.07, 6.45) is 2.06. The number of hydrogen-bond acceptors (Lipinski definition) is 8. The molecule has 4 N–H and O–H groups in total. The van der Waals surface area contributed by atoms with Gasteiger partial charge in [0.05, 0.1) is 29.8 Å². The quantitative estimate of drug-likeness (QED) is 0.453. The van der Waals surface area contributed by atoms with E-state index in [0.29, 0.717) is 38.3 Å². The van der Waals surface area contributed by atoms with Gasteiger partial charge in [0, 0.05) is 45.1 Å². The number of nitrogens with two attached hydrogens (primary N) is 1. The number of nitrogens with one attached hydrogen (secondary N) is 2. The van der Waals surface area contributed by atoms with E-state index in [1.807, 2.05) is 4.90 Å². The molecule has 1 aromatic rings. The van der Waals surface area contributed by atoms with Gasteiger partial charge in [0.2, 0.25) is 17.7 Å². The molecule has 0 radical (unpaired) electrons. The second-order valence-corrected chi connectivity index (χ2v) is 10.1. The second-order valence-electron chi connectivity index (χ2n) is 10.1. The van der Waals surface area contributed by atoms with Crippen LogP contribution in [-0.4, -0.2) is 89.8 Å². The number of amides is 5. The van der Waals surface area contributed by atoms with Crippen LogP contribution >= 0.6 is 0 Å². The minimum absolute atomic E-state index is 0.0225. The first-order valence-electron chi connectivity index (χ1n) is 12.5. The molecule has 5 rings (SSSR count). The number of ether oxygens (including phenoxy) is 1. The molecule has 2 atom stereocenters. The van der Waals surface area contributed by atoms with Crippen LogP contribution in [0.2, 0.25) is 0 Å². The van der Waals surface area contributed by atoms with E-state index in [1.54, 1.807) is 18.2 Å². The molecule has 0 aliphatic carbocycles. The number of morpholine rings is 1. The average molecular weight is 498 g/mol. The van der Waals surface area contributed by atoms with Crippen molar-refractivity contribution in [2.75, 3.05) is 32.8 Å². The SMILES string of the molecule is NC1CCN(C(=O)CC2(Cc3cccc4c3C(=O)N(C3CCC(=O)NC3=O)C4=O)CNCCO2)CC1. The molecule has 192 valence electrons. The van der Waals surface area contributed by atoms with E-state index in [1.165, 1.54) is 0 Å². The number of hydrogen-bond donors (Lipinski definition) is 3. The van der Waals surface area contributed by atoms with Crippen LogP contribution in [0.4, 0.5) is 0 Å². The molecule has 0 aromatic heterocycles. The normalized spacial score (nSPS) is 27.3. The number of likely N-dealkylation sites (tertiary alicyclic amines) is 1. The Hall–Kier alpha value is -3.15. The smallest absolute Gasteiger partial charge is 0.262 e. The molecule has 11 heteroatoms. The van der Waals surface area contributed by atoms with Crippen molar-refractivity contribution in [2.45, 2.75) is 56.2 Å². The summed E-state index contributed by atoms with van der Waals surface area (Å²) in [7, 11) is 0. The maximum absolute atomic E-state index is 13.5. The molecule has 2 unspecified atom stereocenters. The summed E-state index contributed by atoms with van der Waals surface area (Å²) in [5.41, 5.74) is 6.16. The van der Waals surface area contributed by atoms with E-state index in [-0.39, 0.29) is 48.8 Å². The van der Waals surface area contributed by atoms with Crippen molar-refractivity contribution in [1.29, 1.82) is 0 Å². The Labute approximate surface area is 208 Å². The molecule has 3 saturated heterocycles. The van der Waals surface area contributed by atoms with Crippen LogP contribution in [0.1, 0.15) is 58.4 Å². The first kappa shape index (κ1) is 24.5. The van der Waals surface area contributed by atoms with Crippen LogP contribution in [0.15, 0.2) is 18.2 Å². The highest BCUT2D eigenvalue weighted by atomic mass is 16.5. The lowest BCUT2D eigenvalue weighted by molar-refractivity contribution is -0.143. The molecule has 36 heavy (non-hydrogen) atoms. The number of benzene rings is 1. The highest BCUT2D eigenvalue weighted by Crippen LogP contribution is 2.34. The third-order valence-corrected chi connectivity index (χ3v) is 7.57. The molecule has 11 nitrogen and oxygen atoms in total. The van der Waals surface area contributed by atoms with Gasteiger partial charge in [-0.3, -0.25) is 34.2 Å². The molecule has 3 fully saturated rings. The zero-order valence-corrected chi connectivity index (χ0v) is 20.1. The number of imide groups is 2. The van der Waals surface area contributed by atoms with E-state index in [4.69, 9.17) is 10.5 Å². The summed E-state index contributed by atoms with van der Waals surface area (Å²) in [6.45, 7) is 2.72. The molecular formula is C25H31N5O6. The number of rotatable bonds is 5. The van der Waals surface area contributed by atoms with E-state index in [0.717, 1.165) is 17.7 Å². The van der Waals surface area contributed by atoms with Crippen molar-refractivity contribution in [3.63, 3.8) is 0 Å². The molecule has 4 aliphatic heterocycles. The minimum Gasteiger partial charge on any atom is -0.371 e. The summed E-state index contributed by atoms with van der Waals surface area (Å²) in [6, 6.07) is 4.11. The lowest BCUT2D eigenvalue weighted by Crippen LogP contribution is -2.55. The molecule has 4 aliphatic rings. The Bertz CT molecular complexity index is 1110. The molecular weight excluding hydrogens is 466 g/mol. The fourth-order valence-corrected chi connectivity index (χ4v) is 5.61. The molecule has 4 heterocycles. The maximum atomic E-state index is 13.5. The van der Waals surface area contributed by atoms with E-state index >= 15 is 0 Å². The molecule has 0 saturated carbocycles. The second kappa shape index (κ2) is 9.72. The van der Waals surface area contributed by atoms with Crippen molar-refractivity contribution in [3.05, 3.63) is 34.9 Å². The predicted molar refractivity (Wildman–Crippen MR) is 127 cm³/mol. The number of nitrogens with zero attached hydrogens (tertiary/aromatic N) is 2. The number of fused-ring (bicyclic) bond motifs is 1. The summed E-state index contributed by atoms with van der Waals surface area (Å²) >= 11 is 0. The molecule has 0 bridgehead atoms. The topological polar surface area (TPSA) is 151 Å². The van der Waals surface area contributed by atoms with Crippen molar-refractivity contribution in [3.8, 4) is 0 Å². The summed E-state index contributed by atoms with van der Waals surface area (Å²) in [5, 5.41) is 5.52. The molecule has 1 aromatic carbocycles. The largest absolute Gasteiger partial charge is 0.371 e.